The van der Waals surface area contributed by atoms with Crippen molar-refractivity contribution < 1.29 is 19.5 Å². The van der Waals surface area contributed by atoms with Gasteiger partial charge in [-0.1, -0.05) is 60.4 Å². The van der Waals surface area contributed by atoms with Crippen molar-refractivity contribution in [3.8, 4) is 0 Å². The van der Waals surface area contributed by atoms with Gasteiger partial charge in [-0.25, -0.2) is 4.79 Å². The van der Waals surface area contributed by atoms with Crippen LogP contribution in [0.1, 0.15) is 22.8 Å². The third-order valence-corrected chi connectivity index (χ3v) is 5.52. The Morgan fingerprint density at radius 1 is 1.13 bits per heavy atom. The zero-order valence-electron chi connectivity index (χ0n) is 16.0. The largest absolute Gasteiger partial charge is 0.478 e. The normalized spacial score (nSPS) is 15.6. The van der Waals surface area contributed by atoms with Gasteiger partial charge in [0, 0.05) is 5.69 Å². The molecule has 1 fully saturated rings. The van der Waals surface area contributed by atoms with E-state index in [2.05, 4.69) is 5.32 Å². The van der Waals surface area contributed by atoms with Crippen LogP contribution in [0, 0.1) is 0 Å². The number of carboxylic acid groups (broad SMARTS) is 1. The minimum absolute atomic E-state index is 0.119. The molecule has 1 saturated heterocycles. The van der Waals surface area contributed by atoms with Crippen LogP contribution in [-0.4, -0.2) is 38.7 Å². The van der Waals surface area contributed by atoms with Gasteiger partial charge in [-0.05, 0) is 48.4 Å². The molecule has 0 atom stereocenters. The fraction of sp³-hybridized carbons (Fsp3) is 0.0909. The third kappa shape index (κ3) is 5.43. The van der Waals surface area contributed by atoms with Crippen molar-refractivity contribution in [2.75, 3.05) is 11.9 Å². The summed E-state index contributed by atoms with van der Waals surface area (Å²) in [5.74, 6) is -1.79. The molecule has 0 unspecified atom stereocenters. The van der Waals surface area contributed by atoms with Crippen molar-refractivity contribution in [3.05, 3.63) is 82.3 Å². The predicted octanol–water partition coefficient (Wildman–Crippen LogP) is 4.17. The lowest BCUT2D eigenvalue weighted by Gasteiger charge is -2.14. The average molecular weight is 439 g/mol. The molecule has 2 aromatic carbocycles. The molecular weight excluding hydrogens is 420 g/mol. The maximum absolute atomic E-state index is 12.7. The molecule has 0 spiro atoms. The van der Waals surface area contributed by atoms with Gasteiger partial charge in [-0.2, -0.15) is 0 Å². The molecule has 1 aliphatic rings. The number of benzene rings is 2. The maximum Gasteiger partial charge on any atom is 0.335 e. The lowest BCUT2D eigenvalue weighted by atomic mass is 10.1. The first-order valence-electron chi connectivity index (χ1n) is 8.95. The molecule has 0 bridgehead atoms. The number of rotatable bonds is 6. The summed E-state index contributed by atoms with van der Waals surface area (Å²) in [6.07, 6.45) is 3.72. The van der Waals surface area contributed by atoms with Crippen molar-refractivity contribution in [1.29, 1.82) is 0 Å². The Kier molecular flexibility index (Phi) is 6.81. The van der Waals surface area contributed by atoms with E-state index < -0.39 is 11.9 Å². The van der Waals surface area contributed by atoms with Gasteiger partial charge in [-0.3, -0.25) is 14.5 Å². The summed E-state index contributed by atoms with van der Waals surface area (Å²) in [5, 5.41) is 11.6. The number of amides is 2. The Bertz CT molecular complexity index is 1060. The molecule has 3 rings (SSSR count). The zero-order valence-corrected chi connectivity index (χ0v) is 17.6. The van der Waals surface area contributed by atoms with E-state index in [1.54, 1.807) is 6.08 Å². The van der Waals surface area contributed by atoms with E-state index in [-0.39, 0.29) is 18.0 Å². The molecule has 2 aromatic rings. The zero-order chi connectivity index (χ0) is 21.7. The van der Waals surface area contributed by atoms with Gasteiger partial charge in [0.15, 0.2) is 0 Å². The van der Waals surface area contributed by atoms with Gasteiger partial charge in [-0.15, -0.1) is 0 Å². The quantitative estimate of drug-likeness (QED) is 0.520. The van der Waals surface area contributed by atoms with Crippen molar-refractivity contribution in [3.63, 3.8) is 0 Å². The topological polar surface area (TPSA) is 86.7 Å². The van der Waals surface area contributed by atoms with Crippen LogP contribution in [0.4, 0.5) is 5.69 Å². The molecule has 2 amide bonds. The van der Waals surface area contributed by atoms with E-state index in [0.29, 0.717) is 14.9 Å². The second-order valence-corrected chi connectivity index (χ2v) is 8.17. The van der Waals surface area contributed by atoms with Crippen LogP contribution < -0.4 is 5.32 Å². The van der Waals surface area contributed by atoms with Crippen molar-refractivity contribution in [1.82, 2.24) is 4.90 Å². The van der Waals surface area contributed by atoms with Crippen LogP contribution in [0.15, 0.2) is 71.2 Å². The number of allylic oxidation sites excluding steroid dienone is 2. The predicted molar refractivity (Wildman–Crippen MR) is 122 cm³/mol. The van der Waals surface area contributed by atoms with Gasteiger partial charge in [0.1, 0.15) is 10.9 Å². The molecule has 2 N–H and O–H groups in total. The molecule has 6 nitrogen and oxygen atoms in total. The van der Waals surface area contributed by atoms with Crippen LogP contribution in [0.3, 0.4) is 0 Å². The van der Waals surface area contributed by atoms with Crippen LogP contribution in [0.5, 0.6) is 0 Å². The number of carbonyl (C=O) groups is 3. The Morgan fingerprint density at radius 3 is 2.43 bits per heavy atom. The summed E-state index contributed by atoms with van der Waals surface area (Å²) in [4.78, 5) is 37.6. The van der Waals surface area contributed by atoms with E-state index >= 15 is 0 Å². The highest BCUT2D eigenvalue weighted by molar-refractivity contribution is 8.26. The standard InChI is InChI=1S/C22H18N2O4S2/c1-14(11-15-5-3-2-4-6-15)12-18-20(26)24(22(29)30-18)13-19(25)23-17-9-7-16(8-10-17)21(27)28/h2-12H,13H2,1H3,(H,23,25)(H,27,28). The lowest BCUT2D eigenvalue weighted by Crippen LogP contribution is -2.36. The second-order valence-electron chi connectivity index (χ2n) is 6.50. The van der Waals surface area contributed by atoms with E-state index in [9.17, 15) is 14.4 Å². The summed E-state index contributed by atoms with van der Waals surface area (Å²) < 4.78 is 0.315. The Labute approximate surface area is 183 Å². The Morgan fingerprint density at radius 2 is 1.80 bits per heavy atom. The molecule has 0 aliphatic carbocycles. The molecular formula is C22H18N2O4S2. The SMILES string of the molecule is CC(=Cc1ccccc1)C=C1SC(=S)N(CC(=O)Nc2ccc(C(=O)O)cc2)C1=O. The molecule has 30 heavy (non-hydrogen) atoms. The molecule has 0 radical (unpaired) electrons. The molecule has 1 aliphatic heterocycles. The van der Waals surface area contributed by atoms with Crippen molar-refractivity contribution >= 4 is 57.8 Å². The fourth-order valence-electron chi connectivity index (χ4n) is 2.74. The third-order valence-electron chi connectivity index (χ3n) is 4.14. The van der Waals surface area contributed by atoms with Gasteiger partial charge >= 0.3 is 5.97 Å². The van der Waals surface area contributed by atoms with Gasteiger partial charge in [0.25, 0.3) is 5.91 Å². The minimum atomic E-state index is -1.05. The smallest absolute Gasteiger partial charge is 0.335 e. The number of hydrogen-bond donors (Lipinski definition) is 2. The number of aromatic carboxylic acids is 1. The summed E-state index contributed by atoms with van der Waals surface area (Å²) in [6, 6.07) is 15.5. The number of thioether (sulfide) groups is 1. The lowest BCUT2D eigenvalue weighted by molar-refractivity contribution is -0.126. The van der Waals surface area contributed by atoms with E-state index in [0.717, 1.165) is 22.9 Å². The first-order chi connectivity index (χ1) is 14.3. The number of anilines is 1. The number of carboxylic acids is 1. The summed E-state index contributed by atoms with van der Waals surface area (Å²) >= 11 is 6.43. The minimum Gasteiger partial charge on any atom is -0.478 e. The molecule has 0 aromatic heterocycles. The molecule has 0 saturated carbocycles. The Balaban J connectivity index is 1.65. The van der Waals surface area contributed by atoms with Crippen molar-refractivity contribution in [2.45, 2.75) is 6.92 Å². The molecule has 1 heterocycles. The summed E-state index contributed by atoms with van der Waals surface area (Å²) in [5.41, 5.74) is 2.47. The number of thiocarbonyl (C=S) groups is 1. The van der Waals surface area contributed by atoms with Crippen LogP contribution in [-0.2, 0) is 9.59 Å². The summed E-state index contributed by atoms with van der Waals surface area (Å²) in [7, 11) is 0. The number of carbonyl (C=O) groups excluding carboxylic acids is 2. The first-order valence-corrected chi connectivity index (χ1v) is 10.2. The van der Waals surface area contributed by atoms with Gasteiger partial charge in [0.05, 0.1) is 10.5 Å². The highest BCUT2D eigenvalue weighted by atomic mass is 32.2. The fourth-order valence-corrected chi connectivity index (χ4v) is 4.04. The van der Waals surface area contributed by atoms with Crippen LogP contribution in [0.2, 0.25) is 0 Å². The highest BCUT2D eigenvalue weighted by Gasteiger charge is 2.33. The molecule has 8 heteroatoms. The average Bonchev–Trinajstić information content (AvgIpc) is 2.96. The van der Waals surface area contributed by atoms with Crippen LogP contribution in [0.25, 0.3) is 6.08 Å². The monoisotopic (exact) mass is 438 g/mol. The van der Waals surface area contributed by atoms with E-state index in [1.807, 2.05) is 43.3 Å². The highest BCUT2D eigenvalue weighted by Crippen LogP contribution is 2.32. The first kappa shape index (κ1) is 21.5. The number of hydrogen-bond acceptors (Lipinski definition) is 5. The second kappa shape index (κ2) is 9.51. The van der Waals surface area contributed by atoms with Crippen LogP contribution >= 0.6 is 24.0 Å². The maximum atomic E-state index is 12.7. The van der Waals surface area contributed by atoms with E-state index in [4.69, 9.17) is 17.3 Å². The number of nitrogens with one attached hydrogen (secondary N) is 1. The van der Waals surface area contributed by atoms with E-state index in [1.165, 1.54) is 29.2 Å². The Hall–Kier alpha value is -3.23. The summed E-state index contributed by atoms with van der Waals surface area (Å²) in [6.45, 7) is 1.68. The number of nitrogens with zero attached hydrogens (tertiary/aromatic N) is 1. The van der Waals surface area contributed by atoms with Crippen molar-refractivity contribution in [2.24, 2.45) is 0 Å². The van der Waals surface area contributed by atoms with Gasteiger partial charge < -0.3 is 10.4 Å². The molecule has 152 valence electrons. The van der Waals surface area contributed by atoms with Gasteiger partial charge in [0.2, 0.25) is 5.91 Å².